The molecule has 12 heteroatoms. The molecule has 1 atom stereocenters. The minimum atomic E-state index is -3.91. The van der Waals surface area contributed by atoms with Crippen molar-refractivity contribution in [1.29, 1.82) is 0 Å². The van der Waals surface area contributed by atoms with E-state index in [-0.39, 0.29) is 36.4 Å². The SMILES string of the molecule is COc1cc(OC)c(NC(=O)C2CCCN(S(=O)(=O)c3cc4c(cc3C)NC(=O)CO4)C2)cc1Cl. The van der Waals surface area contributed by atoms with Crippen molar-refractivity contribution in [3.8, 4) is 17.2 Å². The molecule has 2 amide bonds. The Morgan fingerprint density at radius 2 is 1.94 bits per heavy atom. The normalized spacial score (nSPS) is 18.2. The number of aryl methyl sites for hydroxylation is 1. The Hall–Kier alpha value is -3.02. The molecule has 2 N–H and O–H groups in total. The maximum Gasteiger partial charge on any atom is 0.262 e. The van der Waals surface area contributed by atoms with E-state index >= 15 is 0 Å². The van der Waals surface area contributed by atoms with Crippen LogP contribution in [0.15, 0.2) is 29.2 Å². The molecule has 4 rings (SSSR count). The number of benzene rings is 2. The Labute approximate surface area is 208 Å². The lowest BCUT2D eigenvalue weighted by Crippen LogP contribution is -2.44. The van der Waals surface area contributed by atoms with Gasteiger partial charge in [0.05, 0.1) is 41.4 Å². The first kappa shape index (κ1) is 25.1. The number of fused-ring (bicyclic) bond motifs is 1. The molecule has 0 bridgehead atoms. The van der Waals surface area contributed by atoms with Crippen molar-refractivity contribution in [3.63, 3.8) is 0 Å². The van der Waals surface area contributed by atoms with E-state index in [9.17, 15) is 18.0 Å². The summed E-state index contributed by atoms with van der Waals surface area (Å²) in [6.45, 7) is 1.79. The average molecular weight is 524 g/mol. The van der Waals surface area contributed by atoms with Gasteiger partial charge in [-0.3, -0.25) is 9.59 Å². The molecule has 2 aromatic rings. The lowest BCUT2D eigenvalue weighted by Gasteiger charge is -2.32. The number of ether oxygens (including phenoxy) is 3. The third kappa shape index (κ3) is 5.02. The summed E-state index contributed by atoms with van der Waals surface area (Å²) in [6, 6.07) is 6.10. The maximum absolute atomic E-state index is 13.5. The highest BCUT2D eigenvalue weighted by Crippen LogP contribution is 2.37. The Morgan fingerprint density at radius 1 is 1.20 bits per heavy atom. The first-order valence-corrected chi connectivity index (χ1v) is 12.8. The van der Waals surface area contributed by atoms with Crippen LogP contribution in [0.3, 0.4) is 0 Å². The van der Waals surface area contributed by atoms with Crippen molar-refractivity contribution in [2.75, 3.05) is 44.5 Å². The molecule has 1 fully saturated rings. The molecule has 2 aromatic carbocycles. The second-order valence-electron chi connectivity index (χ2n) is 8.33. The molecule has 0 radical (unpaired) electrons. The molecule has 2 heterocycles. The largest absolute Gasteiger partial charge is 0.495 e. The number of hydrogen-bond acceptors (Lipinski definition) is 7. The number of nitrogens with zero attached hydrogens (tertiary/aromatic N) is 1. The predicted octanol–water partition coefficient (Wildman–Crippen LogP) is 3.04. The van der Waals surface area contributed by atoms with Gasteiger partial charge in [-0.15, -0.1) is 0 Å². The van der Waals surface area contributed by atoms with Crippen molar-refractivity contribution in [3.05, 3.63) is 34.9 Å². The fourth-order valence-corrected chi connectivity index (χ4v) is 6.19. The topological polar surface area (TPSA) is 123 Å². The number of sulfonamides is 1. The number of hydrogen-bond donors (Lipinski definition) is 2. The maximum atomic E-state index is 13.5. The second-order valence-corrected chi connectivity index (χ2v) is 10.6. The van der Waals surface area contributed by atoms with Crippen LogP contribution in [0.2, 0.25) is 5.02 Å². The first-order valence-electron chi connectivity index (χ1n) is 10.9. The minimum absolute atomic E-state index is 0.0223. The van der Waals surface area contributed by atoms with Gasteiger partial charge >= 0.3 is 0 Å². The van der Waals surface area contributed by atoms with Crippen LogP contribution in [0.25, 0.3) is 0 Å². The van der Waals surface area contributed by atoms with Gasteiger partial charge in [-0.2, -0.15) is 4.31 Å². The number of halogens is 1. The summed E-state index contributed by atoms with van der Waals surface area (Å²) in [7, 11) is -0.973. The zero-order chi connectivity index (χ0) is 25.3. The van der Waals surface area contributed by atoms with Gasteiger partial charge in [0.1, 0.15) is 17.2 Å². The smallest absolute Gasteiger partial charge is 0.262 e. The highest BCUT2D eigenvalue weighted by atomic mass is 35.5. The second kappa shape index (κ2) is 9.92. The number of amides is 2. The number of anilines is 2. The number of carbonyl (C=O) groups excluding carboxylic acids is 2. The fourth-order valence-electron chi connectivity index (χ4n) is 4.20. The van der Waals surface area contributed by atoms with Crippen molar-refractivity contribution in [2.45, 2.75) is 24.7 Å². The van der Waals surface area contributed by atoms with E-state index in [4.69, 9.17) is 25.8 Å². The Balaban J connectivity index is 1.54. The van der Waals surface area contributed by atoms with Gasteiger partial charge in [0.15, 0.2) is 6.61 Å². The number of piperidine rings is 1. The molecule has 188 valence electrons. The van der Waals surface area contributed by atoms with E-state index in [2.05, 4.69) is 10.6 Å². The lowest BCUT2D eigenvalue weighted by molar-refractivity contribution is -0.121. The molecule has 1 saturated heterocycles. The van der Waals surface area contributed by atoms with Crippen LogP contribution in [-0.2, 0) is 19.6 Å². The Kier molecular flexibility index (Phi) is 7.11. The minimum Gasteiger partial charge on any atom is -0.495 e. The number of nitrogens with one attached hydrogen (secondary N) is 2. The molecule has 1 unspecified atom stereocenters. The molecule has 2 aliphatic heterocycles. The van der Waals surface area contributed by atoms with Gasteiger partial charge in [0.25, 0.3) is 5.91 Å². The van der Waals surface area contributed by atoms with Crippen LogP contribution in [0, 0.1) is 12.8 Å². The van der Waals surface area contributed by atoms with E-state index in [0.717, 1.165) is 0 Å². The summed E-state index contributed by atoms with van der Waals surface area (Å²) in [5.41, 5.74) is 1.27. The monoisotopic (exact) mass is 523 g/mol. The van der Waals surface area contributed by atoms with Crippen LogP contribution >= 0.6 is 11.6 Å². The van der Waals surface area contributed by atoms with Crippen molar-refractivity contribution in [1.82, 2.24) is 4.31 Å². The van der Waals surface area contributed by atoms with Crippen LogP contribution in [-0.4, -0.2) is 58.5 Å². The zero-order valence-corrected chi connectivity index (χ0v) is 21.1. The zero-order valence-electron chi connectivity index (χ0n) is 19.5. The lowest BCUT2D eigenvalue weighted by atomic mass is 9.98. The molecule has 2 aliphatic rings. The summed E-state index contributed by atoms with van der Waals surface area (Å²) in [5.74, 6) is -0.136. The average Bonchev–Trinajstić information content (AvgIpc) is 2.83. The summed E-state index contributed by atoms with van der Waals surface area (Å²) in [4.78, 5) is 24.7. The van der Waals surface area contributed by atoms with Crippen LogP contribution in [0.1, 0.15) is 18.4 Å². The summed E-state index contributed by atoms with van der Waals surface area (Å²) in [5, 5.41) is 5.78. The van der Waals surface area contributed by atoms with Crippen molar-refractivity contribution in [2.24, 2.45) is 5.92 Å². The molecular weight excluding hydrogens is 498 g/mol. The quantitative estimate of drug-likeness (QED) is 0.596. The van der Waals surface area contributed by atoms with Gasteiger partial charge in [0.2, 0.25) is 15.9 Å². The highest BCUT2D eigenvalue weighted by molar-refractivity contribution is 7.89. The summed E-state index contributed by atoms with van der Waals surface area (Å²) >= 11 is 6.20. The molecule has 10 nitrogen and oxygen atoms in total. The van der Waals surface area contributed by atoms with Gasteiger partial charge in [-0.1, -0.05) is 11.6 Å². The van der Waals surface area contributed by atoms with Gasteiger partial charge in [-0.25, -0.2) is 8.42 Å². The summed E-state index contributed by atoms with van der Waals surface area (Å²) in [6.07, 6.45) is 1.05. The third-order valence-electron chi connectivity index (χ3n) is 6.01. The molecular formula is C23H26ClN3O7S. The van der Waals surface area contributed by atoms with E-state index in [1.54, 1.807) is 19.1 Å². The van der Waals surface area contributed by atoms with Crippen LogP contribution < -0.4 is 24.8 Å². The molecule has 35 heavy (non-hydrogen) atoms. The molecule has 0 spiro atoms. The standard InChI is InChI=1S/C23H26ClN3O7S/c1-13-7-16-20(34-12-22(28)25-16)10-21(13)35(30,31)27-6-4-5-14(11-27)23(29)26-17-8-15(24)18(32-2)9-19(17)33-3/h7-10,14H,4-6,11-12H2,1-3H3,(H,25,28)(H,26,29). The van der Waals surface area contributed by atoms with Crippen LogP contribution in [0.5, 0.6) is 17.2 Å². The first-order chi connectivity index (χ1) is 16.6. The molecule has 0 saturated carbocycles. The van der Waals surface area contributed by atoms with E-state index in [1.807, 2.05) is 0 Å². The molecule has 0 aromatic heterocycles. The van der Waals surface area contributed by atoms with Gasteiger partial charge < -0.3 is 24.8 Å². The Bertz CT molecular complexity index is 1280. The summed E-state index contributed by atoms with van der Waals surface area (Å²) < 4.78 is 44.2. The van der Waals surface area contributed by atoms with Crippen LogP contribution in [0.4, 0.5) is 11.4 Å². The highest BCUT2D eigenvalue weighted by Gasteiger charge is 2.35. The number of methoxy groups -OCH3 is 2. The molecule has 0 aliphatic carbocycles. The fraction of sp³-hybridized carbons (Fsp3) is 0.391. The van der Waals surface area contributed by atoms with Gasteiger partial charge in [0, 0.05) is 25.2 Å². The van der Waals surface area contributed by atoms with E-state index < -0.39 is 15.9 Å². The number of carbonyl (C=O) groups is 2. The van der Waals surface area contributed by atoms with E-state index in [0.29, 0.717) is 52.1 Å². The Morgan fingerprint density at radius 3 is 2.66 bits per heavy atom. The van der Waals surface area contributed by atoms with Crippen molar-refractivity contribution < 1.29 is 32.2 Å². The van der Waals surface area contributed by atoms with Gasteiger partial charge in [-0.05, 0) is 37.5 Å². The predicted molar refractivity (Wildman–Crippen MR) is 130 cm³/mol. The third-order valence-corrected chi connectivity index (χ3v) is 8.32. The van der Waals surface area contributed by atoms with E-state index in [1.165, 1.54) is 30.7 Å². The van der Waals surface area contributed by atoms with Crippen molar-refractivity contribution >= 4 is 44.8 Å². The number of rotatable bonds is 6.